The molecule has 0 bridgehead atoms. The van der Waals surface area contributed by atoms with Crippen LogP contribution in [-0.4, -0.2) is 48.3 Å². The van der Waals surface area contributed by atoms with E-state index in [0.717, 1.165) is 11.3 Å². The first kappa shape index (κ1) is 17.5. The number of aliphatic hydroxyl groups excluding tert-OH is 1. The summed E-state index contributed by atoms with van der Waals surface area (Å²) in [6.07, 6.45) is 0. The van der Waals surface area contributed by atoms with E-state index in [-0.39, 0.29) is 24.6 Å². The van der Waals surface area contributed by atoms with Crippen molar-refractivity contribution in [3.63, 3.8) is 0 Å². The molecule has 118 valence electrons. The van der Waals surface area contributed by atoms with Gasteiger partial charge < -0.3 is 20.1 Å². The quantitative estimate of drug-likeness (QED) is 0.798. The number of carbonyl (C=O) groups is 1. The van der Waals surface area contributed by atoms with Crippen LogP contribution < -0.4 is 10.1 Å². The highest BCUT2D eigenvalue weighted by atomic mass is 16.5. The van der Waals surface area contributed by atoms with Crippen molar-refractivity contribution < 1.29 is 14.6 Å². The summed E-state index contributed by atoms with van der Waals surface area (Å²) in [5.74, 6) is 0.710. The molecule has 1 rings (SSSR count). The summed E-state index contributed by atoms with van der Waals surface area (Å²) in [5, 5.41) is 12.3. The van der Waals surface area contributed by atoms with Crippen LogP contribution in [0.2, 0.25) is 0 Å². The van der Waals surface area contributed by atoms with Gasteiger partial charge in [0.15, 0.2) is 0 Å². The number of aliphatic hydroxyl groups is 1. The van der Waals surface area contributed by atoms with Crippen LogP contribution in [0.25, 0.3) is 0 Å². The minimum atomic E-state index is -0.120. The molecule has 0 atom stereocenters. The lowest BCUT2D eigenvalue weighted by atomic mass is 10.1. The van der Waals surface area contributed by atoms with Crippen LogP contribution in [0.15, 0.2) is 24.3 Å². The largest absolute Gasteiger partial charge is 0.496 e. The summed E-state index contributed by atoms with van der Waals surface area (Å²) in [6.45, 7) is 6.96. The van der Waals surface area contributed by atoms with Gasteiger partial charge in [-0.3, -0.25) is 4.79 Å². The molecular formula is C16H26N2O3. The molecule has 1 amide bonds. The maximum atomic E-state index is 12.3. The summed E-state index contributed by atoms with van der Waals surface area (Å²) in [4.78, 5) is 13.9. The summed E-state index contributed by atoms with van der Waals surface area (Å²) in [6, 6.07) is 7.59. The van der Waals surface area contributed by atoms with E-state index in [1.54, 1.807) is 12.0 Å². The average Bonchev–Trinajstić information content (AvgIpc) is 2.44. The number of hydrogen-bond donors (Lipinski definition) is 2. The predicted octanol–water partition coefficient (Wildman–Crippen LogP) is 1.40. The zero-order chi connectivity index (χ0) is 15.9. The Balaban J connectivity index is 2.75. The van der Waals surface area contributed by atoms with Gasteiger partial charge in [-0.25, -0.2) is 0 Å². The normalized spacial score (nSPS) is 11.3. The van der Waals surface area contributed by atoms with Crippen molar-refractivity contribution in [2.75, 3.05) is 26.8 Å². The molecule has 0 aliphatic carbocycles. The first-order chi connectivity index (χ1) is 9.87. The van der Waals surface area contributed by atoms with Crippen LogP contribution in [-0.2, 0) is 11.3 Å². The molecule has 21 heavy (non-hydrogen) atoms. The molecule has 0 spiro atoms. The van der Waals surface area contributed by atoms with Crippen molar-refractivity contribution in [1.82, 2.24) is 10.2 Å². The second kappa shape index (κ2) is 8.00. The first-order valence-electron chi connectivity index (χ1n) is 7.13. The number of rotatable bonds is 7. The monoisotopic (exact) mass is 294 g/mol. The van der Waals surface area contributed by atoms with Gasteiger partial charge in [0.25, 0.3) is 0 Å². The molecule has 0 radical (unpaired) electrons. The van der Waals surface area contributed by atoms with E-state index in [9.17, 15) is 9.90 Å². The lowest BCUT2D eigenvalue weighted by Crippen LogP contribution is -2.45. The van der Waals surface area contributed by atoms with E-state index < -0.39 is 0 Å². The minimum Gasteiger partial charge on any atom is -0.496 e. The molecule has 0 aliphatic rings. The summed E-state index contributed by atoms with van der Waals surface area (Å²) >= 11 is 0. The molecule has 0 aliphatic heterocycles. The number of carbonyl (C=O) groups excluding carboxylic acids is 1. The molecule has 0 saturated heterocycles. The van der Waals surface area contributed by atoms with E-state index in [1.807, 2.05) is 45.0 Å². The molecule has 1 aromatic carbocycles. The number of ether oxygens (including phenoxy) is 1. The second-order valence-electron chi connectivity index (χ2n) is 5.95. The Hall–Kier alpha value is -1.59. The highest BCUT2D eigenvalue weighted by Crippen LogP contribution is 2.19. The van der Waals surface area contributed by atoms with Gasteiger partial charge in [0.05, 0.1) is 20.3 Å². The standard InChI is InChI=1S/C16H26N2O3/c1-16(2,3)17-11-15(20)18(9-10-19)12-13-7-5-6-8-14(13)21-4/h5-8,17,19H,9-12H2,1-4H3. The van der Waals surface area contributed by atoms with Gasteiger partial charge in [-0.2, -0.15) is 0 Å². The number of hydrogen-bond acceptors (Lipinski definition) is 4. The number of amides is 1. The predicted molar refractivity (Wildman–Crippen MR) is 83.3 cm³/mol. The Labute approximate surface area is 126 Å². The third kappa shape index (κ3) is 6.14. The maximum Gasteiger partial charge on any atom is 0.236 e. The van der Waals surface area contributed by atoms with Crippen molar-refractivity contribution >= 4 is 5.91 Å². The molecular weight excluding hydrogens is 268 g/mol. The lowest BCUT2D eigenvalue weighted by Gasteiger charge is -2.26. The highest BCUT2D eigenvalue weighted by Gasteiger charge is 2.18. The Morgan fingerprint density at radius 3 is 2.57 bits per heavy atom. The Kier molecular flexibility index (Phi) is 6.65. The molecule has 5 heteroatoms. The van der Waals surface area contributed by atoms with Crippen LogP contribution in [0.5, 0.6) is 5.75 Å². The summed E-state index contributed by atoms with van der Waals surface area (Å²) < 4.78 is 5.30. The number of para-hydroxylation sites is 1. The smallest absolute Gasteiger partial charge is 0.236 e. The molecule has 0 heterocycles. The molecule has 0 aromatic heterocycles. The van der Waals surface area contributed by atoms with Crippen LogP contribution in [0.1, 0.15) is 26.3 Å². The van der Waals surface area contributed by atoms with Gasteiger partial charge in [0, 0.05) is 24.2 Å². The van der Waals surface area contributed by atoms with Crippen LogP contribution in [0.4, 0.5) is 0 Å². The zero-order valence-corrected chi connectivity index (χ0v) is 13.3. The molecule has 1 aromatic rings. The van der Waals surface area contributed by atoms with Crippen LogP contribution in [0.3, 0.4) is 0 Å². The van der Waals surface area contributed by atoms with Gasteiger partial charge in [0.2, 0.25) is 5.91 Å². The van der Waals surface area contributed by atoms with Gasteiger partial charge in [0.1, 0.15) is 5.75 Å². The first-order valence-corrected chi connectivity index (χ1v) is 7.13. The van der Waals surface area contributed by atoms with Crippen LogP contribution in [0, 0.1) is 0 Å². The van der Waals surface area contributed by atoms with E-state index in [0.29, 0.717) is 13.1 Å². The van der Waals surface area contributed by atoms with E-state index in [4.69, 9.17) is 4.74 Å². The second-order valence-corrected chi connectivity index (χ2v) is 5.95. The van der Waals surface area contributed by atoms with Gasteiger partial charge in [-0.15, -0.1) is 0 Å². The van der Waals surface area contributed by atoms with Crippen molar-refractivity contribution in [2.24, 2.45) is 0 Å². The zero-order valence-electron chi connectivity index (χ0n) is 13.3. The van der Waals surface area contributed by atoms with E-state index in [2.05, 4.69) is 5.32 Å². The topological polar surface area (TPSA) is 61.8 Å². The third-order valence-corrected chi connectivity index (χ3v) is 3.05. The molecule has 0 fully saturated rings. The van der Waals surface area contributed by atoms with Crippen molar-refractivity contribution in [3.05, 3.63) is 29.8 Å². The number of nitrogens with one attached hydrogen (secondary N) is 1. The number of methoxy groups -OCH3 is 1. The Morgan fingerprint density at radius 1 is 1.33 bits per heavy atom. The van der Waals surface area contributed by atoms with E-state index in [1.165, 1.54) is 0 Å². The van der Waals surface area contributed by atoms with Crippen LogP contribution >= 0.6 is 0 Å². The molecule has 0 saturated carbocycles. The Morgan fingerprint density at radius 2 is 2.00 bits per heavy atom. The van der Waals surface area contributed by atoms with Gasteiger partial charge in [-0.05, 0) is 26.8 Å². The SMILES string of the molecule is COc1ccccc1CN(CCO)C(=O)CNC(C)(C)C. The minimum absolute atomic E-state index is 0.0371. The molecule has 0 unspecified atom stereocenters. The summed E-state index contributed by atoms with van der Waals surface area (Å²) in [7, 11) is 1.61. The van der Waals surface area contributed by atoms with E-state index >= 15 is 0 Å². The number of benzene rings is 1. The van der Waals surface area contributed by atoms with Crippen molar-refractivity contribution in [3.8, 4) is 5.75 Å². The third-order valence-electron chi connectivity index (χ3n) is 3.05. The fourth-order valence-corrected chi connectivity index (χ4v) is 1.90. The summed E-state index contributed by atoms with van der Waals surface area (Å²) in [5.41, 5.74) is 0.808. The number of nitrogens with zero attached hydrogens (tertiary/aromatic N) is 1. The lowest BCUT2D eigenvalue weighted by molar-refractivity contribution is -0.131. The fourth-order valence-electron chi connectivity index (χ4n) is 1.90. The van der Waals surface area contributed by atoms with Gasteiger partial charge in [-0.1, -0.05) is 18.2 Å². The van der Waals surface area contributed by atoms with Gasteiger partial charge >= 0.3 is 0 Å². The van der Waals surface area contributed by atoms with Crippen molar-refractivity contribution in [2.45, 2.75) is 32.9 Å². The molecule has 2 N–H and O–H groups in total. The van der Waals surface area contributed by atoms with Crippen molar-refractivity contribution in [1.29, 1.82) is 0 Å². The average molecular weight is 294 g/mol. The maximum absolute atomic E-state index is 12.3. The Bertz CT molecular complexity index is 455. The molecule has 5 nitrogen and oxygen atoms in total. The fraction of sp³-hybridized carbons (Fsp3) is 0.562. The highest BCUT2D eigenvalue weighted by molar-refractivity contribution is 5.78.